The Morgan fingerprint density at radius 1 is 1.25 bits per heavy atom. The van der Waals surface area contributed by atoms with Crippen molar-refractivity contribution in [3.05, 3.63) is 23.3 Å². The molecule has 2 nitrogen and oxygen atoms in total. The third-order valence-electron chi connectivity index (χ3n) is 2.09. The molecule has 0 atom stereocenters. The summed E-state index contributed by atoms with van der Waals surface area (Å²) >= 11 is 0. The first-order valence-electron chi connectivity index (χ1n) is 4.02. The van der Waals surface area contributed by atoms with Crippen molar-refractivity contribution in [2.24, 2.45) is 0 Å². The standard InChI is InChI=1S/C10H15NO/c1-7-5-6-9(12-4)8(2)10(7)11-3/h5-6,11H,1-4H3. The minimum Gasteiger partial charge on any atom is -0.496 e. The number of hydrogen-bond donors (Lipinski definition) is 1. The molecule has 0 aliphatic heterocycles. The Labute approximate surface area is 73.6 Å². The molecule has 0 aliphatic rings. The van der Waals surface area contributed by atoms with Crippen LogP contribution in [0, 0.1) is 13.8 Å². The molecule has 2 heteroatoms. The van der Waals surface area contributed by atoms with Gasteiger partial charge in [-0.05, 0) is 25.5 Å². The van der Waals surface area contributed by atoms with E-state index in [0.717, 1.165) is 11.4 Å². The molecular formula is C10H15NO. The number of anilines is 1. The Bertz CT molecular complexity index is 281. The van der Waals surface area contributed by atoms with E-state index in [-0.39, 0.29) is 0 Å². The smallest absolute Gasteiger partial charge is 0.123 e. The van der Waals surface area contributed by atoms with E-state index < -0.39 is 0 Å². The van der Waals surface area contributed by atoms with Crippen LogP contribution in [0.25, 0.3) is 0 Å². The second kappa shape index (κ2) is 3.48. The van der Waals surface area contributed by atoms with E-state index in [9.17, 15) is 0 Å². The lowest BCUT2D eigenvalue weighted by Crippen LogP contribution is -1.97. The highest BCUT2D eigenvalue weighted by atomic mass is 16.5. The number of hydrogen-bond acceptors (Lipinski definition) is 2. The van der Waals surface area contributed by atoms with Crippen molar-refractivity contribution in [1.29, 1.82) is 0 Å². The summed E-state index contributed by atoms with van der Waals surface area (Å²) in [6.45, 7) is 4.13. The molecule has 0 aliphatic carbocycles. The monoisotopic (exact) mass is 165 g/mol. The summed E-state index contributed by atoms with van der Waals surface area (Å²) in [6.07, 6.45) is 0. The van der Waals surface area contributed by atoms with Crippen molar-refractivity contribution in [2.45, 2.75) is 13.8 Å². The minimum atomic E-state index is 0.935. The lowest BCUT2D eigenvalue weighted by Gasteiger charge is -2.12. The summed E-state index contributed by atoms with van der Waals surface area (Å²) in [7, 11) is 3.62. The van der Waals surface area contributed by atoms with Gasteiger partial charge in [0.15, 0.2) is 0 Å². The number of ether oxygens (including phenoxy) is 1. The molecule has 1 N–H and O–H groups in total. The number of aryl methyl sites for hydroxylation is 1. The van der Waals surface area contributed by atoms with Gasteiger partial charge in [0.2, 0.25) is 0 Å². The van der Waals surface area contributed by atoms with Crippen LogP contribution in [0.5, 0.6) is 5.75 Å². The highest BCUT2D eigenvalue weighted by Crippen LogP contribution is 2.27. The quantitative estimate of drug-likeness (QED) is 0.726. The van der Waals surface area contributed by atoms with Crippen LogP contribution in [-0.4, -0.2) is 14.2 Å². The van der Waals surface area contributed by atoms with Crippen molar-refractivity contribution in [3.8, 4) is 5.75 Å². The fourth-order valence-corrected chi connectivity index (χ4v) is 1.43. The summed E-state index contributed by atoms with van der Waals surface area (Å²) in [4.78, 5) is 0. The molecular weight excluding hydrogens is 150 g/mol. The average molecular weight is 165 g/mol. The van der Waals surface area contributed by atoms with Gasteiger partial charge in [-0.2, -0.15) is 0 Å². The molecule has 0 aromatic heterocycles. The summed E-state index contributed by atoms with van der Waals surface area (Å²) < 4.78 is 5.20. The lowest BCUT2D eigenvalue weighted by molar-refractivity contribution is 0.412. The highest BCUT2D eigenvalue weighted by Gasteiger charge is 2.04. The molecule has 1 aromatic rings. The molecule has 0 unspecified atom stereocenters. The Balaban J connectivity index is 3.24. The van der Waals surface area contributed by atoms with Gasteiger partial charge >= 0.3 is 0 Å². The van der Waals surface area contributed by atoms with Gasteiger partial charge < -0.3 is 10.1 Å². The summed E-state index contributed by atoms with van der Waals surface area (Å²) in [5.74, 6) is 0.935. The first kappa shape index (κ1) is 8.91. The summed E-state index contributed by atoms with van der Waals surface area (Å²) in [6, 6.07) is 4.04. The van der Waals surface area contributed by atoms with Crippen molar-refractivity contribution >= 4 is 5.69 Å². The minimum absolute atomic E-state index is 0.935. The van der Waals surface area contributed by atoms with E-state index in [0.29, 0.717) is 0 Å². The zero-order valence-corrected chi connectivity index (χ0v) is 8.06. The van der Waals surface area contributed by atoms with Crippen LogP contribution in [0.3, 0.4) is 0 Å². The van der Waals surface area contributed by atoms with Crippen LogP contribution >= 0.6 is 0 Å². The Morgan fingerprint density at radius 3 is 2.42 bits per heavy atom. The van der Waals surface area contributed by atoms with Gasteiger partial charge in [0.1, 0.15) is 5.75 Å². The van der Waals surface area contributed by atoms with Gasteiger partial charge in [0.25, 0.3) is 0 Å². The maximum absolute atomic E-state index is 5.20. The summed E-state index contributed by atoms with van der Waals surface area (Å²) in [5, 5.41) is 3.16. The molecule has 0 saturated heterocycles. The van der Waals surface area contributed by atoms with Crippen LogP contribution in [0.4, 0.5) is 5.69 Å². The van der Waals surface area contributed by atoms with Crippen molar-refractivity contribution < 1.29 is 4.74 Å². The van der Waals surface area contributed by atoms with Crippen LogP contribution in [0.1, 0.15) is 11.1 Å². The second-order valence-electron chi connectivity index (χ2n) is 2.83. The van der Waals surface area contributed by atoms with E-state index in [1.165, 1.54) is 11.1 Å². The largest absolute Gasteiger partial charge is 0.496 e. The SMILES string of the molecule is CNc1c(C)ccc(OC)c1C. The van der Waals surface area contributed by atoms with E-state index in [1.54, 1.807) is 7.11 Å². The molecule has 1 aromatic carbocycles. The predicted molar refractivity (Wildman–Crippen MR) is 52.0 cm³/mol. The number of methoxy groups -OCH3 is 1. The zero-order valence-electron chi connectivity index (χ0n) is 8.06. The topological polar surface area (TPSA) is 21.3 Å². The predicted octanol–water partition coefficient (Wildman–Crippen LogP) is 2.35. The fourth-order valence-electron chi connectivity index (χ4n) is 1.43. The van der Waals surface area contributed by atoms with Crippen LogP contribution in [-0.2, 0) is 0 Å². The van der Waals surface area contributed by atoms with Crippen molar-refractivity contribution in [2.75, 3.05) is 19.5 Å². The van der Waals surface area contributed by atoms with Crippen LogP contribution in [0.2, 0.25) is 0 Å². The Kier molecular flexibility index (Phi) is 2.58. The summed E-state index contributed by atoms with van der Waals surface area (Å²) in [5.41, 5.74) is 3.57. The lowest BCUT2D eigenvalue weighted by atomic mass is 10.1. The van der Waals surface area contributed by atoms with Crippen LogP contribution in [0.15, 0.2) is 12.1 Å². The molecule has 0 saturated carbocycles. The van der Waals surface area contributed by atoms with E-state index in [2.05, 4.69) is 25.2 Å². The molecule has 1 rings (SSSR count). The molecule has 0 heterocycles. The maximum atomic E-state index is 5.20. The Hall–Kier alpha value is -1.18. The van der Waals surface area contributed by atoms with E-state index >= 15 is 0 Å². The normalized spacial score (nSPS) is 9.67. The zero-order chi connectivity index (χ0) is 9.14. The molecule has 0 amide bonds. The van der Waals surface area contributed by atoms with E-state index in [4.69, 9.17) is 4.74 Å². The number of rotatable bonds is 2. The van der Waals surface area contributed by atoms with E-state index in [1.807, 2.05) is 13.1 Å². The van der Waals surface area contributed by atoms with Crippen molar-refractivity contribution in [1.82, 2.24) is 0 Å². The molecule has 66 valence electrons. The van der Waals surface area contributed by atoms with Gasteiger partial charge in [0, 0.05) is 18.3 Å². The second-order valence-corrected chi connectivity index (χ2v) is 2.83. The van der Waals surface area contributed by atoms with Gasteiger partial charge in [-0.3, -0.25) is 0 Å². The molecule has 0 radical (unpaired) electrons. The van der Waals surface area contributed by atoms with Crippen LogP contribution < -0.4 is 10.1 Å². The fraction of sp³-hybridized carbons (Fsp3) is 0.400. The first-order valence-corrected chi connectivity index (χ1v) is 4.02. The molecule has 0 fully saturated rings. The molecule has 12 heavy (non-hydrogen) atoms. The third kappa shape index (κ3) is 1.37. The molecule has 0 spiro atoms. The number of benzene rings is 1. The average Bonchev–Trinajstić information content (AvgIpc) is 2.06. The molecule has 0 bridgehead atoms. The van der Waals surface area contributed by atoms with Gasteiger partial charge in [-0.1, -0.05) is 6.07 Å². The third-order valence-corrected chi connectivity index (χ3v) is 2.09. The highest BCUT2D eigenvalue weighted by molar-refractivity contribution is 5.61. The van der Waals surface area contributed by atoms with Gasteiger partial charge in [0.05, 0.1) is 7.11 Å². The van der Waals surface area contributed by atoms with Crippen molar-refractivity contribution in [3.63, 3.8) is 0 Å². The van der Waals surface area contributed by atoms with Gasteiger partial charge in [-0.25, -0.2) is 0 Å². The number of nitrogens with one attached hydrogen (secondary N) is 1. The van der Waals surface area contributed by atoms with Gasteiger partial charge in [-0.15, -0.1) is 0 Å². The maximum Gasteiger partial charge on any atom is 0.123 e. The first-order chi connectivity index (χ1) is 5.70. The Morgan fingerprint density at radius 2 is 1.92 bits per heavy atom.